The molecule has 0 saturated carbocycles. The van der Waals surface area contributed by atoms with Crippen molar-refractivity contribution in [2.24, 2.45) is 11.7 Å². The van der Waals surface area contributed by atoms with Gasteiger partial charge in [-0.3, -0.25) is 9.69 Å². The number of likely N-dealkylation sites (tertiary alicyclic amines) is 1. The molecule has 1 saturated heterocycles. The summed E-state index contributed by atoms with van der Waals surface area (Å²) in [4.78, 5) is 13.2. The molecule has 98 valence electrons. The highest BCUT2D eigenvalue weighted by molar-refractivity contribution is 5.75. The second-order valence-electron chi connectivity index (χ2n) is 5.18. The van der Waals surface area contributed by atoms with Crippen LogP contribution in [-0.4, -0.2) is 30.4 Å². The fraction of sp³-hybridized carbons (Fsp3) is 0.533. The number of carbonyl (C=O) groups is 1. The fourth-order valence-electron chi connectivity index (χ4n) is 3.02. The Morgan fingerprint density at radius 3 is 2.72 bits per heavy atom. The summed E-state index contributed by atoms with van der Waals surface area (Å²) in [5, 5.41) is 0. The fourth-order valence-corrected chi connectivity index (χ4v) is 3.02. The average Bonchev–Trinajstić information content (AvgIpc) is 2.39. The zero-order valence-corrected chi connectivity index (χ0v) is 11.0. The lowest BCUT2D eigenvalue weighted by Crippen LogP contribution is -2.43. The van der Waals surface area contributed by atoms with E-state index in [1.165, 1.54) is 5.56 Å². The number of carbonyl (C=O) groups excluding carboxylic acids is 1. The van der Waals surface area contributed by atoms with Gasteiger partial charge in [0.2, 0.25) is 5.91 Å². The molecule has 2 atom stereocenters. The Balaban J connectivity index is 2.04. The van der Waals surface area contributed by atoms with Crippen LogP contribution in [0.5, 0.6) is 0 Å². The van der Waals surface area contributed by atoms with Crippen molar-refractivity contribution < 1.29 is 4.79 Å². The van der Waals surface area contributed by atoms with Crippen molar-refractivity contribution in [1.82, 2.24) is 4.90 Å². The Hall–Kier alpha value is -1.35. The molecule has 0 radical (unpaired) electrons. The van der Waals surface area contributed by atoms with E-state index in [4.69, 9.17) is 5.73 Å². The van der Waals surface area contributed by atoms with E-state index in [0.717, 1.165) is 25.9 Å². The van der Waals surface area contributed by atoms with Crippen LogP contribution >= 0.6 is 0 Å². The summed E-state index contributed by atoms with van der Waals surface area (Å²) < 4.78 is 0. The first kappa shape index (κ1) is 13.1. The van der Waals surface area contributed by atoms with Crippen LogP contribution in [0.3, 0.4) is 0 Å². The van der Waals surface area contributed by atoms with Gasteiger partial charge in [0, 0.05) is 6.54 Å². The molecular formula is C15H22N2O. The van der Waals surface area contributed by atoms with Gasteiger partial charge in [-0.1, -0.05) is 43.7 Å². The molecule has 0 unspecified atom stereocenters. The van der Waals surface area contributed by atoms with Gasteiger partial charge in [-0.25, -0.2) is 0 Å². The number of hydrogen-bond acceptors (Lipinski definition) is 2. The lowest BCUT2D eigenvalue weighted by atomic mass is 9.79. The maximum Gasteiger partial charge on any atom is 0.231 e. The molecule has 0 bridgehead atoms. The Morgan fingerprint density at radius 1 is 1.39 bits per heavy atom. The summed E-state index contributed by atoms with van der Waals surface area (Å²) in [6.07, 6.45) is 2.27. The van der Waals surface area contributed by atoms with E-state index < -0.39 is 0 Å². The van der Waals surface area contributed by atoms with Crippen LogP contribution in [0.1, 0.15) is 31.2 Å². The molecule has 1 aliphatic rings. The summed E-state index contributed by atoms with van der Waals surface area (Å²) in [5.74, 6) is 1.03. The summed E-state index contributed by atoms with van der Waals surface area (Å²) in [7, 11) is 0. The first-order chi connectivity index (χ1) is 8.70. The molecule has 1 aromatic rings. The van der Waals surface area contributed by atoms with Gasteiger partial charge >= 0.3 is 0 Å². The van der Waals surface area contributed by atoms with E-state index in [2.05, 4.69) is 42.2 Å². The molecule has 1 aliphatic heterocycles. The van der Waals surface area contributed by atoms with Crippen molar-refractivity contribution in [3.05, 3.63) is 35.9 Å². The third kappa shape index (κ3) is 3.10. The molecule has 3 nitrogen and oxygen atoms in total. The third-order valence-electron chi connectivity index (χ3n) is 3.95. The lowest BCUT2D eigenvalue weighted by molar-refractivity contribution is -0.119. The van der Waals surface area contributed by atoms with Crippen molar-refractivity contribution in [3.8, 4) is 0 Å². The number of amides is 1. The number of nitrogens with two attached hydrogens (primary N) is 1. The number of hydrogen-bond donors (Lipinski definition) is 1. The minimum atomic E-state index is -0.219. The van der Waals surface area contributed by atoms with Crippen LogP contribution in [0.4, 0.5) is 0 Å². The first-order valence-electron chi connectivity index (χ1n) is 6.76. The first-order valence-corrected chi connectivity index (χ1v) is 6.76. The maximum absolute atomic E-state index is 11.0. The summed E-state index contributed by atoms with van der Waals surface area (Å²) in [6.45, 7) is 4.59. The van der Waals surface area contributed by atoms with Gasteiger partial charge in [0.15, 0.2) is 0 Å². The number of benzene rings is 1. The molecule has 1 heterocycles. The van der Waals surface area contributed by atoms with E-state index >= 15 is 0 Å². The van der Waals surface area contributed by atoms with Crippen molar-refractivity contribution in [2.75, 3.05) is 19.6 Å². The van der Waals surface area contributed by atoms with Gasteiger partial charge in [0.1, 0.15) is 0 Å². The number of primary amides is 1. The molecule has 2 N–H and O–H groups in total. The van der Waals surface area contributed by atoms with E-state index in [9.17, 15) is 4.79 Å². The normalized spacial score (nSPS) is 24.9. The second kappa shape index (κ2) is 6.01. The highest BCUT2D eigenvalue weighted by Crippen LogP contribution is 2.34. The van der Waals surface area contributed by atoms with E-state index in [0.29, 0.717) is 18.4 Å². The van der Waals surface area contributed by atoms with Crippen LogP contribution in [0.15, 0.2) is 30.3 Å². The van der Waals surface area contributed by atoms with Crippen molar-refractivity contribution in [3.63, 3.8) is 0 Å². The van der Waals surface area contributed by atoms with Gasteiger partial charge in [-0.2, -0.15) is 0 Å². The molecule has 1 fully saturated rings. The minimum Gasteiger partial charge on any atom is -0.369 e. The highest BCUT2D eigenvalue weighted by atomic mass is 16.1. The average molecular weight is 246 g/mol. The largest absolute Gasteiger partial charge is 0.369 e. The topological polar surface area (TPSA) is 46.3 Å². The number of piperidine rings is 1. The summed E-state index contributed by atoms with van der Waals surface area (Å²) >= 11 is 0. The molecule has 2 rings (SSSR count). The number of rotatable bonds is 4. The second-order valence-corrected chi connectivity index (χ2v) is 5.18. The molecule has 3 heteroatoms. The predicted molar refractivity (Wildman–Crippen MR) is 73.2 cm³/mol. The molecule has 18 heavy (non-hydrogen) atoms. The van der Waals surface area contributed by atoms with Crippen LogP contribution in [0, 0.1) is 5.92 Å². The van der Waals surface area contributed by atoms with Crippen LogP contribution < -0.4 is 5.73 Å². The minimum absolute atomic E-state index is 0.219. The Morgan fingerprint density at radius 2 is 2.11 bits per heavy atom. The molecule has 0 aliphatic carbocycles. The SMILES string of the molecule is CC[C@H]1CN(CC(N)=O)CC[C@@H]1c1ccccc1. The monoisotopic (exact) mass is 246 g/mol. The van der Waals surface area contributed by atoms with E-state index in [1.54, 1.807) is 0 Å². The van der Waals surface area contributed by atoms with E-state index in [-0.39, 0.29) is 5.91 Å². The predicted octanol–water partition coefficient (Wildman–Crippen LogP) is 1.99. The lowest BCUT2D eigenvalue weighted by Gasteiger charge is -2.38. The third-order valence-corrected chi connectivity index (χ3v) is 3.95. The van der Waals surface area contributed by atoms with Crippen LogP contribution in [0.25, 0.3) is 0 Å². The molecule has 1 amide bonds. The van der Waals surface area contributed by atoms with Crippen LogP contribution in [-0.2, 0) is 4.79 Å². The van der Waals surface area contributed by atoms with Crippen LogP contribution in [0.2, 0.25) is 0 Å². The van der Waals surface area contributed by atoms with Gasteiger partial charge in [0.25, 0.3) is 0 Å². The van der Waals surface area contributed by atoms with Gasteiger partial charge in [-0.05, 0) is 30.4 Å². The molecule has 1 aromatic carbocycles. The zero-order chi connectivity index (χ0) is 13.0. The van der Waals surface area contributed by atoms with Gasteiger partial charge < -0.3 is 5.73 Å². The Bertz CT molecular complexity index is 391. The van der Waals surface area contributed by atoms with Crippen molar-refractivity contribution in [2.45, 2.75) is 25.7 Å². The number of nitrogens with zero attached hydrogens (tertiary/aromatic N) is 1. The quantitative estimate of drug-likeness (QED) is 0.883. The maximum atomic E-state index is 11.0. The van der Waals surface area contributed by atoms with Gasteiger partial charge in [-0.15, -0.1) is 0 Å². The Labute approximate surface area is 109 Å². The van der Waals surface area contributed by atoms with E-state index in [1.807, 2.05) is 0 Å². The van der Waals surface area contributed by atoms with Crippen molar-refractivity contribution in [1.29, 1.82) is 0 Å². The highest BCUT2D eigenvalue weighted by Gasteiger charge is 2.29. The molecule has 0 aromatic heterocycles. The molecule has 0 spiro atoms. The standard InChI is InChI=1S/C15H22N2O/c1-2-12-10-17(11-15(16)18)9-8-14(12)13-6-4-3-5-7-13/h3-7,12,14H,2,8-11H2,1H3,(H2,16,18)/t12-,14-/m0/s1. The molecular weight excluding hydrogens is 224 g/mol. The van der Waals surface area contributed by atoms with Gasteiger partial charge in [0.05, 0.1) is 6.54 Å². The zero-order valence-electron chi connectivity index (χ0n) is 11.0. The Kier molecular flexibility index (Phi) is 4.37. The summed E-state index contributed by atoms with van der Waals surface area (Å²) in [5.41, 5.74) is 6.71. The van der Waals surface area contributed by atoms with Crippen molar-refractivity contribution >= 4 is 5.91 Å². The summed E-state index contributed by atoms with van der Waals surface area (Å²) in [6, 6.07) is 10.7. The smallest absolute Gasteiger partial charge is 0.231 e.